The van der Waals surface area contributed by atoms with Crippen LogP contribution in [0.3, 0.4) is 0 Å². The first-order valence-corrected chi connectivity index (χ1v) is 10.4. The Labute approximate surface area is 181 Å². The van der Waals surface area contributed by atoms with Crippen molar-refractivity contribution in [2.24, 2.45) is 5.92 Å². The number of aromatic carboxylic acids is 1. The van der Waals surface area contributed by atoms with Crippen LogP contribution < -0.4 is 4.90 Å². The number of carbonyl (C=O) groups excluding carboxylic acids is 1. The maximum Gasteiger partial charge on any atom is 0.414 e. The molecule has 0 saturated heterocycles. The quantitative estimate of drug-likeness (QED) is 0.553. The SMILES string of the molecule is CC(C)CN(C(=O)OCC1c2ccccc2-c2ccccc21)c1ccc(C(=O)O)cc1. The average molecular weight is 415 g/mol. The number of hydrogen-bond donors (Lipinski definition) is 1. The van der Waals surface area contributed by atoms with Gasteiger partial charge in [0.1, 0.15) is 6.61 Å². The largest absolute Gasteiger partial charge is 0.478 e. The van der Waals surface area contributed by atoms with Crippen molar-refractivity contribution in [3.63, 3.8) is 0 Å². The molecule has 3 aromatic rings. The molecule has 5 nitrogen and oxygen atoms in total. The zero-order chi connectivity index (χ0) is 22.0. The Hall–Kier alpha value is -3.60. The average Bonchev–Trinajstić information content (AvgIpc) is 3.09. The van der Waals surface area contributed by atoms with Gasteiger partial charge in [0, 0.05) is 18.2 Å². The summed E-state index contributed by atoms with van der Waals surface area (Å²) in [6.45, 7) is 4.77. The van der Waals surface area contributed by atoms with Crippen LogP contribution >= 0.6 is 0 Å². The van der Waals surface area contributed by atoms with E-state index in [1.807, 2.05) is 38.1 Å². The van der Waals surface area contributed by atoms with E-state index in [0.717, 1.165) is 11.1 Å². The first kappa shape index (κ1) is 20.7. The van der Waals surface area contributed by atoms with E-state index < -0.39 is 12.1 Å². The number of carbonyl (C=O) groups is 2. The van der Waals surface area contributed by atoms with Gasteiger partial charge in [0.05, 0.1) is 5.56 Å². The van der Waals surface area contributed by atoms with Gasteiger partial charge in [0.2, 0.25) is 0 Å². The van der Waals surface area contributed by atoms with Gasteiger partial charge in [-0.2, -0.15) is 0 Å². The molecule has 0 radical (unpaired) electrons. The van der Waals surface area contributed by atoms with Crippen molar-refractivity contribution in [2.75, 3.05) is 18.1 Å². The second-order valence-corrected chi connectivity index (χ2v) is 8.16. The highest BCUT2D eigenvalue weighted by atomic mass is 16.6. The van der Waals surface area contributed by atoms with Crippen LogP contribution in [0, 0.1) is 5.92 Å². The zero-order valence-electron chi connectivity index (χ0n) is 17.6. The van der Waals surface area contributed by atoms with Gasteiger partial charge < -0.3 is 9.84 Å². The van der Waals surface area contributed by atoms with E-state index in [0.29, 0.717) is 12.2 Å². The topological polar surface area (TPSA) is 66.8 Å². The highest BCUT2D eigenvalue weighted by Crippen LogP contribution is 2.44. The molecular formula is C26H25NO4. The summed E-state index contributed by atoms with van der Waals surface area (Å²) in [4.78, 5) is 25.8. The van der Waals surface area contributed by atoms with E-state index >= 15 is 0 Å². The molecule has 1 aliphatic rings. The molecule has 0 fully saturated rings. The van der Waals surface area contributed by atoms with Crippen molar-refractivity contribution in [1.29, 1.82) is 0 Å². The Morgan fingerprint density at radius 1 is 0.903 bits per heavy atom. The van der Waals surface area contributed by atoms with E-state index in [4.69, 9.17) is 9.84 Å². The highest BCUT2D eigenvalue weighted by Gasteiger charge is 2.30. The van der Waals surface area contributed by atoms with E-state index in [1.54, 1.807) is 17.0 Å². The van der Waals surface area contributed by atoms with Gasteiger partial charge in [-0.15, -0.1) is 0 Å². The minimum atomic E-state index is -0.997. The van der Waals surface area contributed by atoms with Crippen LogP contribution in [0.15, 0.2) is 72.8 Å². The van der Waals surface area contributed by atoms with E-state index in [9.17, 15) is 9.59 Å². The number of anilines is 1. The van der Waals surface area contributed by atoms with Crippen LogP contribution in [-0.2, 0) is 4.74 Å². The maximum atomic E-state index is 13.1. The predicted octanol–water partition coefficient (Wildman–Crippen LogP) is 5.80. The Morgan fingerprint density at radius 3 is 1.97 bits per heavy atom. The number of rotatable bonds is 6. The lowest BCUT2D eigenvalue weighted by Gasteiger charge is -2.25. The molecular weight excluding hydrogens is 390 g/mol. The summed E-state index contributed by atoms with van der Waals surface area (Å²) in [6, 6.07) is 22.7. The van der Waals surface area contributed by atoms with Gasteiger partial charge in [0.15, 0.2) is 0 Å². The monoisotopic (exact) mass is 415 g/mol. The predicted molar refractivity (Wildman–Crippen MR) is 121 cm³/mol. The first-order chi connectivity index (χ1) is 15.0. The van der Waals surface area contributed by atoms with Crippen molar-refractivity contribution in [2.45, 2.75) is 19.8 Å². The Bertz CT molecular complexity index is 1060. The molecule has 158 valence electrons. The third-order valence-electron chi connectivity index (χ3n) is 5.53. The number of benzene rings is 3. The normalized spacial score (nSPS) is 12.4. The smallest absolute Gasteiger partial charge is 0.414 e. The van der Waals surface area contributed by atoms with Crippen molar-refractivity contribution in [1.82, 2.24) is 0 Å². The summed E-state index contributed by atoms with van der Waals surface area (Å²) in [5, 5.41) is 9.13. The Balaban J connectivity index is 1.55. The number of carboxylic acid groups (broad SMARTS) is 1. The lowest BCUT2D eigenvalue weighted by Crippen LogP contribution is -2.35. The van der Waals surface area contributed by atoms with Crippen molar-refractivity contribution < 1.29 is 19.4 Å². The standard InChI is InChI=1S/C26H25NO4/c1-17(2)15-27(19-13-11-18(12-14-19)25(28)29)26(30)31-16-24-22-9-5-3-7-20(22)21-8-4-6-10-23(21)24/h3-14,17,24H,15-16H2,1-2H3,(H,28,29). The molecule has 0 spiro atoms. The maximum absolute atomic E-state index is 13.1. The van der Waals surface area contributed by atoms with Gasteiger partial charge >= 0.3 is 12.1 Å². The molecule has 0 saturated carbocycles. The number of amides is 1. The number of ether oxygens (including phenoxy) is 1. The van der Waals surface area contributed by atoms with Crippen LogP contribution in [-0.4, -0.2) is 30.3 Å². The summed E-state index contributed by atoms with van der Waals surface area (Å²) in [5.74, 6) is -0.783. The molecule has 0 heterocycles. The minimum absolute atomic E-state index is 0.00774. The highest BCUT2D eigenvalue weighted by molar-refractivity contribution is 5.91. The number of fused-ring (bicyclic) bond motifs is 3. The fourth-order valence-corrected chi connectivity index (χ4v) is 4.11. The van der Waals surface area contributed by atoms with Crippen LogP contribution in [0.1, 0.15) is 41.3 Å². The molecule has 1 aliphatic carbocycles. The zero-order valence-corrected chi connectivity index (χ0v) is 17.6. The van der Waals surface area contributed by atoms with Gasteiger partial charge in [-0.25, -0.2) is 9.59 Å². The molecule has 3 aromatic carbocycles. The number of carboxylic acids is 1. The summed E-state index contributed by atoms with van der Waals surface area (Å²) in [5.41, 5.74) is 5.50. The van der Waals surface area contributed by atoms with Gasteiger partial charge in [-0.1, -0.05) is 62.4 Å². The number of nitrogens with zero attached hydrogens (tertiary/aromatic N) is 1. The van der Waals surface area contributed by atoms with E-state index in [2.05, 4.69) is 24.3 Å². The van der Waals surface area contributed by atoms with Crippen molar-refractivity contribution >= 4 is 17.7 Å². The fourth-order valence-electron chi connectivity index (χ4n) is 4.11. The van der Waals surface area contributed by atoms with Gasteiger partial charge in [-0.3, -0.25) is 4.90 Å². The molecule has 1 N–H and O–H groups in total. The van der Waals surface area contributed by atoms with Gasteiger partial charge in [-0.05, 0) is 52.4 Å². The second kappa shape index (κ2) is 8.64. The molecule has 1 amide bonds. The Morgan fingerprint density at radius 2 is 1.45 bits per heavy atom. The van der Waals surface area contributed by atoms with E-state index in [1.165, 1.54) is 23.3 Å². The summed E-state index contributed by atoms with van der Waals surface area (Å²) < 4.78 is 5.81. The molecule has 0 aliphatic heterocycles. The molecule has 4 rings (SSSR count). The molecule has 5 heteroatoms. The van der Waals surface area contributed by atoms with Crippen LogP contribution in [0.4, 0.5) is 10.5 Å². The second-order valence-electron chi connectivity index (χ2n) is 8.16. The van der Waals surface area contributed by atoms with Crippen molar-refractivity contribution in [3.8, 4) is 11.1 Å². The molecule has 0 atom stereocenters. The minimum Gasteiger partial charge on any atom is -0.478 e. The van der Waals surface area contributed by atoms with Gasteiger partial charge in [0.25, 0.3) is 0 Å². The van der Waals surface area contributed by atoms with Crippen LogP contribution in [0.5, 0.6) is 0 Å². The molecule has 31 heavy (non-hydrogen) atoms. The third kappa shape index (κ3) is 4.17. The number of hydrogen-bond acceptors (Lipinski definition) is 3. The first-order valence-electron chi connectivity index (χ1n) is 10.4. The van der Waals surface area contributed by atoms with Crippen molar-refractivity contribution in [3.05, 3.63) is 89.5 Å². The Kier molecular flexibility index (Phi) is 5.76. The summed E-state index contributed by atoms with van der Waals surface area (Å²) in [7, 11) is 0. The fraction of sp³-hybridized carbons (Fsp3) is 0.231. The lowest BCUT2D eigenvalue weighted by molar-refractivity contribution is 0.0697. The molecule has 0 unspecified atom stereocenters. The van der Waals surface area contributed by atoms with Crippen LogP contribution in [0.25, 0.3) is 11.1 Å². The molecule has 0 aromatic heterocycles. The van der Waals surface area contributed by atoms with Crippen LogP contribution in [0.2, 0.25) is 0 Å². The van der Waals surface area contributed by atoms with E-state index in [-0.39, 0.29) is 24.0 Å². The lowest BCUT2D eigenvalue weighted by atomic mass is 9.98. The molecule has 0 bridgehead atoms. The summed E-state index contributed by atoms with van der Waals surface area (Å²) in [6.07, 6.45) is -0.432. The summed E-state index contributed by atoms with van der Waals surface area (Å²) >= 11 is 0. The third-order valence-corrected chi connectivity index (χ3v) is 5.53.